The summed E-state index contributed by atoms with van der Waals surface area (Å²) in [6, 6.07) is 4.48. The third-order valence-corrected chi connectivity index (χ3v) is 3.34. The van der Waals surface area contributed by atoms with E-state index in [-0.39, 0.29) is 11.4 Å². The van der Waals surface area contributed by atoms with E-state index in [1.165, 1.54) is 10.9 Å². The molecule has 0 bridgehead atoms. The summed E-state index contributed by atoms with van der Waals surface area (Å²) in [7, 11) is 0. The highest BCUT2D eigenvalue weighted by molar-refractivity contribution is 14.1. The Bertz CT molecular complexity index is 700. The molecular weight excluding hydrogens is 397 g/mol. The van der Waals surface area contributed by atoms with Gasteiger partial charge in [0.2, 0.25) is 0 Å². The van der Waals surface area contributed by atoms with Gasteiger partial charge in [0.1, 0.15) is 0 Å². The van der Waals surface area contributed by atoms with Crippen LogP contribution >= 0.6 is 34.2 Å². The third-order valence-electron chi connectivity index (χ3n) is 2.36. The minimum absolute atomic E-state index is 0.0987. The van der Waals surface area contributed by atoms with Crippen molar-refractivity contribution in [1.82, 2.24) is 9.78 Å². The van der Waals surface area contributed by atoms with Crippen LogP contribution in [0.5, 0.6) is 0 Å². The highest BCUT2D eigenvalue weighted by Crippen LogP contribution is 2.24. The van der Waals surface area contributed by atoms with Gasteiger partial charge < -0.3 is 16.8 Å². The van der Waals surface area contributed by atoms with Gasteiger partial charge in [0.25, 0.3) is 5.91 Å². The molecule has 0 saturated carbocycles. The van der Waals surface area contributed by atoms with Crippen LogP contribution in [0.15, 0.2) is 24.4 Å². The Morgan fingerprint density at radius 3 is 2.60 bits per heavy atom. The molecule has 7 nitrogen and oxygen atoms in total. The van der Waals surface area contributed by atoms with E-state index >= 15 is 0 Å². The molecule has 1 aromatic carbocycles. The molecule has 0 unspecified atom stereocenters. The van der Waals surface area contributed by atoms with Gasteiger partial charge in [0, 0.05) is 3.57 Å². The summed E-state index contributed by atoms with van der Waals surface area (Å²) < 4.78 is 2.30. The minimum Gasteiger partial charge on any atom is -0.364 e. The van der Waals surface area contributed by atoms with Crippen LogP contribution in [-0.4, -0.2) is 21.7 Å². The topological polar surface area (TPSA) is 116 Å². The molecule has 5 N–H and O–H groups in total. The molecule has 9 heteroatoms. The third kappa shape index (κ3) is 3.02. The van der Waals surface area contributed by atoms with Gasteiger partial charge >= 0.3 is 6.03 Å². The molecule has 0 spiro atoms. The van der Waals surface area contributed by atoms with E-state index < -0.39 is 11.9 Å². The summed E-state index contributed by atoms with van der Waals surface area (Å²) in [5.41, 5.74) is 10.8. The normalized spacial score (nSPS) is 10.3. The molecule has 0 aliphatic carbocycles. The van der Waals surface area contributed by atoms with E-state index in [9.17, 15) is 9.59 Å². The fourth-order valence-electron chi connectivity index (χ4n) is 1.57. The lowest BCUT2D eigenvalue weighted by Crippen LogP contribution is -2.22. The maximum Gasteiger partial charge on any atom is 0.316 e. The summed E-state index contributed by atoms with van der Waals surface area (Å²) in [5, 5.41) is 6.74. The van der Waals surface area contributed by atoms with E-state index in [0.29, 0.717) is 10.7 Å². The maximum atomic E-state index is 11.3. The zero-order chi connectivity index (χ0) is 14.9. The predicted molar refractivity (Wildman–Crippen MR) is 83.0 cm³/mol. The Labute approximate surface area is 132 Å². The number of carbonyl (C=O) groups is 2. The first kappa shape index (κ1) is 14.6. The standard InChI is InChI=1S/C11H9ClIN5O2/c12-6-3-5(13)1-2-8(6)18-4-7(16-11(15)20)9(17-18)10(14)19/h1-4H,(H2,14,19)(H3,15,16,20). The van der Waals surface area contributed by atoms with E-state index in [1.54, 1.807) is 12.1 Å². The molecule has 0 aliphatic rings. The second kappa shape index (κ2) is 5.67. The molecule has 0 aliphatic heterocycles. The van der Waals surface area contributed by atoms with Crippen LogP contribution < -0.4 is 16.8 Å². The van der Waals surface area contributed by atoms with Gasteiger partial charge in [-0.3, -0.25) is 4.79 Å². The molecule has 2 rings (SSSR count). The number of urea groups is 1. The Morgan fingerprint density at radius 1 is 1.35 bits per heavy atom. The van der Waals surface area contributed by atoms with Crippen LogP contribution in [-0.2, 0) is 0 Å². The number of primary amides is 2. The van der Waals surface area contributed by atoms with Gasteiger partial charge in [-0.05, 0) is 40.8 Å². The molecule has 0 saturated heterocycles. The number of nitrogens with two attached hydrogens (primary N) is 2. The molecule has 2 aromatic rings. The summed E-state index contributed by atoms with van der Waals surface area (Å²) >= 11 is 8.24. The number of amides is 3. The van der Waals surface area contributed by atoms with Crippen LogP contribution in [0.3, 0.4) is 0 Å². The van der Waals surface area contributed by atoms with Crippen molar-refractivity contribution in [2.75, 3.05) is 5.32 Å². The molecule has 104 valence electrons. The average molecular weight is 406 g/mol. The number of aromatic nitrogens is 2. The fraction of sp³-hybridized carbons (Fsp3) is 0. The first-order valence-electron chi connectivity index (χ1n) is 5.30. The van der Waals surface area contributed by atoms with Crippen molar-refractivity contribution in [2.45, 2.75) is 0 Å². The number of nitrogens with one attached hydrogen (secondary N) is 1. The maximum absolute atomic E-state index is 11.3. The van der Waals surface area contributed by atoms with E-state index in [2.05, 4.69) is 33.0 Å². The van der Waals surface area contributed by atoms with Crippen molar-refractivity contribution in [3.05, 3.63) is 38.7 Å². The van der Waals surface area contributed by atoms with Gasteiger partial charge in [0.05, 0.1) is 22.6 Å². The highest BCUT2D eigenvalue weighted by atomic mass is 127. The Balaban J connectivity index is 2.52. The number of benzene rings is 1. The number of nitrogens with zero attached hydrogens (tertiary/aromatic N) is 2. The smallest absolute Gasteiger partial charge is 0.316 e. The van der Waals surface area contributed by atoms with Gasteiger partial charge in [0.15, 0.2) is 5.69 Å². The van der Waals surface area contributed by atoms with Crippen molar-refractivity contribution >= 4 is 51.8 Å². The predicted octanol–water partition coefficient (Wildman–Crippen LogP) is 1.72. The van der Waals surface area contributed by atoms with Crippen LogP contribution in [0.4, 0.5) is 10.5 Å². The second-order valence-corrected chi connectivity index (χ2v) is 5.44. The number of rotatable bonds is 3. The highest BCUT2D eigenvalue weighted by Gasteiger charge is 2.17. The summed E-state index contributed by atoms with van der Waals surface area (Å²) in [6.45, 7) is 0. The largest absolute Gasteiger partial charge is 0.364 e. The van der Waals surface area contributed by atoms with Crippen molar-refractivity contribution in [3.63, 3.8) is 0 Å². The summed E-state index contributed by atoms with van der Waals surface area (Å²) in [6.07, 6.45) is 1.42. The minimum atomic E-state index is -0.819. The first-order chi connectivity index (χ1) is 9.38. The van der Waals surface area contributed by atoms with Crippen LogP contribution in [0, 0.1) is 3.57 Å². The number of halogens is 2. The van der Waals surface area contributed by atoms with Crippen molar-refractivity contribution in [2.24, 2.45) is 11.5 Å². The van der Waals surface area contributed by atoms with E-state index in [0.717, 1.165) is 3.57 Å². The van der Waals surface area contributed by atoms with Crippen LogP contribution in [0.1, 0.15) is 10.5 Å². The SMILES string of the molecule is NC(=O)Nc1cn(-c2ccc(I)cc2Cl)nc1C(N)=O. The zero-order valence-corrected chi connectivity index (χ0v) is 12.8. The van der Waals surface area contributed by atoms with Gasteiger partial charge in [-0.2, -0.15) is 5.10 Å². The van der Waals surface area contributed by atoms with Crippen molar-refractivity contribution < 1.29 is 9.59 Å². The fourth-order valence-corrected chi connectivity index (χ4v) is 2.51. The lowest BCUT2D eigenvalue weighted by molar-refractivity contribution is 0.0996. The number of hydrogen-bond acceptors (Lipinski definition) is 3. The Hall–Kier alpha value is -1.81. The molecule has 0 radical (unpaired) electrons. The zero-order valence-electron chi connectivity index (χ0n) is 9.93. The second-order valence-electron chi connectivity index (χ2n) is 3.79. The molecule has 20 heavy (non-hydrogen) atoms. The van der Waals surface area contributed by atoms with E-state index in [4.69, 9.17) is 23.1 Å². The molecule has 1 heterocycles. The lowest BCUT2D eigenvalue weighted by Gasteiger charge is -2.04. The molecule has 0 fully saturated rings. The number of anilines is 1. The average Bonchev–Trinajstić information content (AvgIpc) is 2.71. The van der Waals surface area contributed by atoms with Crippen LogP contribution in [0.2, 0.25) is 5.02 Å². The monoisotopic (exact) mass is 405 g/mol. The molecule has 3 amide bonds. The van der Waals surface area contributed by atoms with Crippen molar-refractivity contribution in [3.8, 4) is 5.69 Å². The van der Waals surface area contributed by atoms with E-state index in [1.807, 2.05) is 6.07 Å². The first-order valence-corrected chi connectivity index (χ1v) is 6.75. The van der Waals surface area contributed by atoms with Gasteiger partial charge in [-0.1, -0.05) is 11.6 Å². The molecular formula is C11H9ClIN5O2. The molecule has 1 aromatic heterocycles. The van der Waals surface area contributed by atoms with Crippen LogP contribution in [0.25, 0.3) is 5.69 Å². The Morgan fingerprint density at radius 2 is 2.05 bits per heavy atom. The quantitative estimate of drug-likeness (QED) is 0.675. The Kier molecular flexibility index (Phi) is 4.14. The van der Waals surface area contributed by atoms with Crippen molar-refractivity contribution in [1.29, 1.82) is 0 Å². The number of hydrogen-bond donors (Lipinski definition) is 3. The molecule has 0 atom stereocenters. The lowest BCUT2D eigenvalue weighted by atomic mass is 10.3. The van der Waals surface area contributed by atoms with Gasteiger partial charge in [-0.15, -0.1) is 0 Å². The number of carbonyl (C=O) groups excluding carboxylic acids is 2. The summed E-state index contributed by atoms with van der Waals surface area (Å²) in [4.78, 5) is 22.2. The van der Waals surface area contributed by atoms with Gasteiger partial charge in [-0.25, -0.2) is 9.48 Å². The summed E-state index contributed by atoms with van der Waals surface area (Å²) in [5.74, 6) is -0.783.